The van der Waals surface area contributed by atoms with Crippen molar-refractivity contribution in [2.24, 2.45) is 5.92 Å². The lowest BCUT2D eigenvalue weighted by Gasteiger charge is -2.11. The van der Waals surface area contributed by atoms with Gasteiger partial charge in [0.15, 0.2) is 0 Å². The van der Waals surface area contributed by atoms with Gasteiger partial charge in [-0.15, -0.1) is 0 Å². The van der Waals surface area contributed by atoms with E-state index < -0.39 is 0 Å². The van der Waals surface area contributed by atoms with Crippen molar-refractivity contribution in [3.05, 3.63) is 24.3 Å². The normalized spacial score (nSPS) is 23.6. The predicted molar refractivity (Wildman–Crippen MR) is 55.1 cm³/mol. The van der Waals surface area contributed by atoms with Crippen LogP contribution in [0.3, 0.4) is 0 Å². The summed E-state index contributed by atoms with van der Waals surface area (Å²) in [4.78, 5) is 0. The van der Waals surface area contributed by atoms with Crippen LogP contribution in [0.4, 0.5) is 0 Å². The van der Waals surface area contributed by atoms with Gasteiger partial charge in [0.25, 0.3) is 0 Å². The summed E-state index contributed by atoms with van der Waals surface area (Å²) in [6, 6.07) is 0. The Bertz CT molecular complexity index is 153. The largest absolute Gasteiger partial charge is 0.0879 e. The van der Waals surface area contributed by atoms with Gasteiger partial charge in [-0.1, -0.05) is 44.1 Å². The van der Waals surface area contributed by atoms with Crippen molar-refractivity contribution >= 4 is 0 Å². The van der Waals surface area contributed by atoms with Crippen molar-refractivity contribution in [3.63, 3.8) is 0 Å². The van der Waals surface area contributed by atoms with E-state index in [4.69, 9.17) is 0 Å². The molecule has 0 radical (unpaired) electrons. The molecule has 1 unspecified atom stereocenters. The molecule has 1 aliphatic rings. The molecule has 0 heteroatoms. The Morgan fingerprint density at radius 1 is 1.50 bits per heavy atom. The summed E-state index contributed by atoms with van der Waals surface area (Å²) in [6.45, 7) is 2.24. The second-order valence-corrected chi connectivity index (χ2v) is 3.59. The van der Waals surface area contributed by atoms with E-state index >= 15 is 0 Å². The molecular formula is C12H20. The highest BCUT2D eigenvalue weighted by Gasteiger charge is 2.02. The summed E-state index contributed by atoms with van der Waals surface area (Å²) in [6.07, 6.45) is 17.3. The van der Waals surface area contributed by atoms with Crippen LogP contribution in [0.1, 0.15) is 45.4 Å². The fourth-order valence-electron chi connectivity index (χ4n) is 1.59. The molecule has 0 N–H and O–H groups in total. The number of rotatable bonds is 4. The molecule has 68 valence electrons. The first-order valence-electron chi connectivity index (χ1n) is 5.27. The molecule has 12 heavy (non-hydrogen) atoms. The molecule has 0 heterocycles. The average molecular weight is 164 g/mol. The molecule has 0 saturated heterocycles. The van der Waals surface area contributed by atoms with Crippen molar-refractivity contribution in [3.8, 4) is 0 Å². The maximum absolute atomic E-state index is 2.38. The van der Waals surface area contributed by atoms with Crippen LogP contribution in [-0.4, -0.2) is 0 Å². The second-order valence-electron chi connectivity index (χ2n) is 3.59. The maximum atomic E-state index is 2.38. The molecule has 0 aliphatic heterocycles. The highest BCUT2D eigenvalue weighted by Crippen LogP contribution is 2.18. The molecule has 0 fully saturated rings. The maximum Gasteiger partial charge on any atom is -0.00534 e. The summed E-state index contributed by atoms with van der Waals surface area (Å²) in [5.41, 5.74) is 0. The van der Waals surface area contributed by atoms with Crippen molar-refractivity contribution in [2.45, 2.75) is 45.4 Å². The third kappa shape index (κ3) is 3.75. The Labute approximate surface area is 76.4 Å². The molecule has 0 bridgehead atoms. The van der Waals surface area contributed by atoms with Crippen LogP contribution >= 0.6 is 0 Å². The Morgan fingerprint density at radius 3 is 3.08 bits per heavy atom. The van der Waals surface area contributed by atoms with Gasteiger partial charge in [0, 0.05) is 0 Å². The van der Waals surface area contributed by atoms with E-state index in [9.17, 15) is 0 Å². The smallest absolute Gasteiger partial charge is 0.00534 e. The van der Waals surface area contributed by atoms with Crippen LogP contribution < -0.4 is 0 Å². The first-order valence-corrected chi connectivity index (χ1v) is 5.27. The van der Waals surface area contributed by atoms with Gasteiger partial charge in [0.1, 0.15) is 0 Å². The molecule has 1 rings (SSSR count). The van der Waals surface area contributed by atoms with Gasteiger partial charge in [0.05, 0.1) is 0 Å². The number of hydrogen-bond donors (Lipinski definition) is 0. The lowest BCUT2D eigenvalue weighted by atomic mass is 9.95. The summed E-state index contributed by atoms with van der Waals surface area (Å²) in [5.74, 6) is 0.746. The van der Waals surface area contributed by atoms with Crippen molar-refractivity contribution < 1.29 is 0 Å². The third-order valence-electron chi connectivity index (χ3n) is 2.40. The van der Waals surface area contributed by atoms with E-state index in [0.29, 0.717) is 0 Å². The number of hydrogen-bond acceptors (Lipinski definition) is 0. The minimum absolute atomic E-state index is 0.746. The molecule has 1 atom stereocenters. The Balaban J connectivity index is 2.15. The molecule has 0 spiro atoms. The van der Waals surface area contributed by atoms with Crippen LogP contribution in [0.2, 0.25) is 0 Å². The van der Waals surface area contributed by atoms with Crippen LogP contribution in [0.15, 0.2) is 24.3 Å². The molecular weight excluding hydrogens is 144 g/mol. The minimum Gasteiger partial charge on any atom is -0.0879 e. The van der Waals surface area contributed by atoms with E-state index in [0.717, 1.165) is 5.92 Å². The quantitative estimate of drug-likeness (QED) is 0.433. The minimum atomic E-state index is 0.746. The standard InChI is InChI=1S/C12H20/c1-2-3-4-6-9-12-10-7-5-8-11-12/h6-7,9-10,12H,2-5,8,11H2,1H3/b9-6+. The van der Waals surface area contributed by atoms with Gasteiger partial charge < -0.3 is 0 Å². The zero-order chi connectivity index (χ0) is 8.65. The summed E-state index contributed by atoms with van der Waals surface area (Å²) in [5, 5.41) is 0. The number of allylic oxidation sites excluding steroid dienone is 4. The predicted octanol–water partition coefficient (Wildman–Crippen LogP) is 4.09. The first kappa shape index (κ1) is 9.57. The Hall–Kier alpha value is -0.520. The highest BCUT2D eigenvalue weighted by molar-refractivity contribution is 5.03. The van der Waals surface area contributed by atoms with Crippen LogP contribution in [0, 0.1) is 5.92 Å². The van der Waals surface area contributed by atoms with Gasteiger partial charge in [-0.3, -0.25) is 0 Å². The summed E-state index contributed by atoms with van der Waals surface area (Å²) in [7, 11) is 0. The fourth-order valence-corrected chi connectivity index (χ4v) is 1.59. The molecule has 0 aromatic rings. The molecule has 0 aromatic heterocycles. The van der Waals surface area contributed by atoms with Crippen LogP contribution in [0.25, 0.3) is 0 Å². The summed E-state index contributed by atoms with van der Waals surface area (Å²) < 4.78 is 0. The van der Waals surface area contributed by atoms with Crippen molar-refractivity contribution in [1.29, 1.82) is 0 Å². The monoisotopic (exact) mass is 164 g/mol. The van der Waals surface area contributed by atoms with Gasteiger partial charge in [0.2, 0.25) is 0 Å². The van der Waals surface area contributed by atoms with E-state index in [1.807, 2.05) is 0 Å². The zero-order valence-electron chi connectivity index (χ0n) is 8.13. The molecule has 0 aromatic carbocycles. The van der Waals surface area contributed by atoms with Crippen molar-refractivity contribution in [1.82, 2.24) is 0 Å². The van der Waals surface area contributed by atoms with E-state index in [1.54, 1.807) is 0 Å². The first-order chi connectivity index (χ1) is 5.93. The molecule has 1 aliphatic carbocycles. The molecule has 0 amide bonds. The van der Waals surface area contributed by atoms with Gasteiger partial charge >= 0.3 is 0 Å². The zero-order valence-corrected chi connectivity index (χ0v) is 8.13. The average Bonchev–Trinajstić information content (AvgIpc) is 2.14. The number of unbranched alkanes of at least 4 members (excludes halogenated alkanes) is 2. The van der Waals surface area contributed by atoms with Crippen molar-refractivity contribution in [2.75, 3.05) is 0 Å². The van der Waals surface area contributed by atoms with Crippen LogP contribution in [0.5, 0.6) is 0 Å². The SMILES string of the molecule is CCCC/C=C/C1C=CCCC1. The Kier molecular flexibility index (Phi) is 4.82. The Morgan fingerprint density at radius 2 is 2.42 bits per heavy atom. The molecule has 0 saturated carbocycles. The lowest BCUT2D eigenvalue weighted by molar-refractivity contribution is 0.628. The third-order valence-corrected chi connectivity index (χ3v) is 2.40. The van der Waals surface area contributed by atoms with Gasteiger partial charge in [-0.25, -0.2) is 0 Å². The van der Waals surface area contributed by atoms with E-state index in [2.05, 4.69) is 31.2 Å². The topological polar surface area (TPSA) is 0 Å². The second kappa shape index (κ2) is 6.05. The van der Waals surface area contributed by atoms with E-state index in [-0.39, 0.29) is 0 Å². The van der Waals surface area contributed by atoms with Gasteiger partial charge in [-0.2, -0.15) is 0 Å². The molecule has 0 nitrogen and oxygen atoms in total. The lowest BCUT2D eigenvalue weighted by Crippen LogP contribution is -1.95. The fraction of sp³-hybridized carbons (Fsp3) is 0.667. The van der Waals surface area contributed by atoms with Gasteiger partial charge in [-0.05, 0) is 31.6 Å². The van der Waals surface area contributed by atoms with E-state index in [1.165, 1.54) is 38.5 Å². The summed E-state index contributed by atoms with van der Waals surface area (Å²) >= 11 is 0. The van der Waals surface area contributed by atoms with Crippen LogP contribution in [-0.2, 0) is 0 Å². The highest BCUT2D eigenvalue weighted by atomic mass is 14.1.